The highest BCUT2D eigenvalue weighted by atomic mass is 15.5. The van der Waals surface area contributed by atoms with E-state index in [4.69, 9.17) is 0 Å². The molecule has 0 atom stereocenters. The molecule has 0 unspecified atom stereocenters. The summed E-state index contributed by atoms with van der Waals surface area (Å²) in [5, 5.41) is 2.16. The molecule has 1 N–H and O–H groups in total. The lowest BCUT2D eigenvalue weighted by Gasteiger charge is -2.21. The van der Waals surface area contributed by atoms with Crippen molar-refractivity contribution in [2.75, 3.05) is 6.54 Å². The average Bonchev–Trinajstić information content (AvgIpc) is 2.62. The van der Waals surface area contributed by atoms with Crippen molar-refractivity contribution in [3.05, 3.63) is 36.7 Å². The maximum Gasteiger partial charge on any atom is 0.0386 e. The quantitative estimate of drug-likeness (QED) is 0.245. The number of hydrogen-bond acceptors (Lipinski definition) is 2. The lowest BCUT2D eigenvalue weighted by atomic mass is 10.1. The molecule has 0 bridgehead atoms. The third kappa shape index (κ3) is 13.3. The van der Waals surface area contributed by atoms with Gasteiger partial charge in [-0.2, -0.15) is 0 Å². The van der Waals surface area contributed by atoms with Gasteiger partial charge in [0, 0.05) is 18.9 Å². The molecule has 24 heavy (non-hydrogen) atoms. The van der Waals surface area contributed by atoms with Gasteiger partial charge in [-0.05, 0) is 44.3 Å². The second kappa shape index (κ2) is 16.7. The van der Waals surface area contributed by atoms with Gasteiger partial charge in [0.2, 0.25) is 0 Å². The molecule has 0 amide bonds. The van der Waals surface area contributed by atoms with E-state index in [0.29, 0.717) is 0 Å². The molecule has 2 nitrogen and oxygen atoms in total. The van der Waals surface area contributed by atoms with Gasteiger partial charge in [-0.25, -0.2) is 0 Å². The Balaban J connectivity index is 1.73. The number of nitrogens with zero attached hydrogens (tertiary/aromatic N) is 1. The molecule has 0 spiro atoms. The van der Waals surface area contributed by atoms with E-state index in [1.807, 2.05) is 12.3 Å². The first-order chi connectivity index (χ1) is 11.9. The van der Waals surface area contributed by atoms with Gasteiger partial charge >= 0.3 is 0 Å². The van der Waals surface area contributed by atoms with Gasteiger partial charge in [-0.1, -0.05) is 76.9 Å². The van der Waals surface area contributed by atoms with Gasteiger partial charge in [0.25, 0.3) is 0 Å². The fourth-order valence-electron chi connectivity index (χ4n) is 3.06. The summed E-state index contributed by atoms with van der Waals surface area (Å²) >= 11 is 0. The van der Waals surface area contributed by atoms with E-state index in [9.17, 15) is 0 Å². The molecule has 1 rings (SSSR count). The Hall–Kier alpha value is -1.18. The Morgan fingerprint density at radius 3 is 1.88 bits per heavy atom. The van der Waals surface area contributed by atoms with Crippen LogP contribution in [0.15, 0.2) is 36.7 Å². The summed E-state index contributed by atoms with van der Waals surface area (Å²) < 4.78 is 0. The standard InChI is InChI=1S/C22H40N2/c1-2-3-4-5-6-7-8-9-10-11-12-13-14-15-16-18-21-24-22-19-17-20-23-24/h9-10,17,19-20,22-23H,2-8,11-16,18,21H2,1H3. The summed E-state index contributed by atoms with van der Waals surface area (Å²) in [6.45, 7) is 3.40. The van der Waals surface area contributed by atoms with Crippen LogP contribution in [0.1, 0.15) is 96.8 Å². The molecular formula is C22H40N2. The first kappa shape index (κ1) is 20.9. The van der Waals surface area contributed by atoms with Crippen molar-refractivity contribution in [2.45, 2.75) is 96.8 Å². The number of unbranched alkanes of at least 4 members (excludes halogenated alkanes) is 12. The number of rotatable bonds is 16. The maximum atomic E-state index is 3.23. The summed E-state index contributed by atoms with van der Waals surface area (Å²) in [5.74, 6) is 0. The van der Waals surface area contributed by atoms with Gasteiger partial charge in [-0.15, -0.1) is 0 Å². The molecule has 0 aromatic carbocycles. The minimum atomic E-state index is 1.11. The van der Waals surface area contributed by atoms with Crippen LogP contribution < -0.4 is 5.43 Å². The Kier molecular flexibility index (Phi) is 14.5. The van der Waals surface area contributed by atoms with Crippen molar-refractivity contribution in [1.29, 1.82) is 0 Å². The van der Waals surface area contributed by atoms with Crippen molar-refractivity contribution < 1.29 is 0 Å². The summed E-state index contributed by atoms with van der Waals surface area (Å²) in [6.07, 6.45) is 32.2. The van der Waals surface area contributed by atoms with E-state index < -0.39 is 0 Å². The average molecular weight is 333 g/mol. The van der Waals surface area contributed by atoms with Crippen molar-refractivity contribution in [2.24, 2.45) is 0 Å². The Labute approximate surface area is 151 Å². The second-order valence-corrected chi connectivity index (χ2v) is 6.96. The van der Waals surface area contributed by atoms with Crippen LogP contribution in [0.2, 0.25) is 0 Å². The Morgan fingerprint density at radius 2 is 1.29 bits per heavy atom. The van der Waals surface area contributed by atoms with Crippen molar-refractivity contribution in [3.63, 3.8) is 0 Å². The summed E-state index contributed by atoms with van der Waals surface area (Å²) in [7, 11) is 0. The molecule has 1 aliphatic rings. The van der Waals surface area contributed by atoms with Crippen LogP contribution in [-0.2, 0) is 0 Å². The maximum absolute atomic E-state index is 3.23. The van der Waals surface area contributed by atoms with E-state index in [-0.39, 0.29) is 0 Å². The van der Waals surface area contributed by atoms with Crippen LogP contribution in [-0.4, -0.2) is 11.6 Å². The number of hydrogen-bond donors (Lipinski definition) is 1. The number of nitrogens with one attached hydrogen (secondary N) is 1. The highest BCUT2D eigenvalue weighted by molar-refractivity contribution is 5.04. The van der Waals surface area contributed by atoms with E-state index >= 15 is 0 Å². The minimum Gasteiger partial charge on any atom is -0.306 e. The van der Waals surface area contributed by atoms with Gasteiger partial charge in [-0.3, -0.25) is 5.01 Å². The predicted octanol–water partition coefficient (Wildman–Crippen LogP) is 6.87. The van der Waals surface area contributed by atoms with Crippen LogP contribution in [0.3, 0.4) is 0 Å². The van der Waals surface area contributed by atoms with Gasteiger partial charge in [0.05, 0.1) is 0 Å². The largest absolute Gasteiger partial charge is 0.306 e. The van der Waals surface area contributed by atoms with Gasteiger partial charge in [0.1, 0.15) is 0 Å². The number of allylic oxidation sites excluding steroid dienone is 4. The van der Waals surface area contributed by atoms with Gasteiger partial charge < -0.3 is 5.43 Å². The first-order valence-corrected chi connectivity index (χ1v) is 10.4. The van der Waals surface area contributed by atoms with Gasteiger partial charge in [0.15, 0.2) is 0 Å². The van der Waals surface area contributed by atoms with Crippen LogP contribution in [0.5, 0.6) is 0 Å². The normalized spacial score (nSPS) is 13.8. The molecule has 0 aromatic rings. The van der Waals surface area contributed by atoms with Crippen LogP contribution in [0, 0.1) is 0 Å². The molecule has 2 heteroatoms. The van der Waals surface area contributed by atoms with Crippen molar-refractivity contribution >= 4 is 0 Å². The summed E-state index contributed by atoms with van der Waals surface area (Å²) in [6, 6.07) is 0. The first-order valence-electron chi connectivity index (χ1n) is 10.4. The summed E-state index contributed by atoms with van der Waals surface area (Å²) in [5.41, 5.74) is 3.23. The SMILES string of the molecule is CCCCCCCCC=CCCCCCCCCN1C=CC=CN1. The van der Waals surface area contributed by atoms with Crippen LogP contribution >= 0.6 is 0 Å². The molecule has 138 valence electrons. The van der Waals surface area contributed by atoms with Crippen molar-refractivity contribution in [1.82, 2.24) is 10.4 Å². The zero-order chi connectivity index (χ0) is 17.1. The monoisotopic (exact) mass is 332 g/mol. The van der Waals surface area contributed by atoms with Crippen LogP contribution in [0.4, 0.5) is 0 Å². The molecule has 0 saturated heterocycles. The molecule has 0 fully saturated rings. The smallest absolute Gasteiger partial charge is 0.0386 e. The molecule has 0 radical (unpaired) electrons. The second-order valence-electron chi connectivity index (χ2n) is 6.96. The molecule has 0 aliphatic carbocycles. The molecule has 1 heterocycles. The summed E-state index contributed by atoms with van der Waals surface area (Å²) in [4.78, 5) is 0. The van der Waals surface area contributed by atoms with E-state index in [2.05, 4.69) is 41.8 Å². The lowest BCUT2D eigenvalue weighted by molar-refractivity contribution is 0.303. The highest BCUT2D eigenvalue weighted by Crippen LogP contribution is 2.10. The zero-order valence-electron chi connectivity index (χ0n) is 16.0. The minimum absolute atomic E-state index is 1.11. The predicted molar refractivity (Wildman–Crippen MR) is 108 cm³/mol. The zero-order valence-corrected chi connectivity index (χ0v) is 16.0. The third-order valence-electron chi connectivity index (χ3n) is 4.62. The molecule has 0 aromatic heterocycles. The lowest BCUT2D eigenvalue weighted by Crippen LogP contribution is -2.31. The highest BCUT2D eigenvalue weighted by Gasteiger charge is 1.98. The third-order valence-corrected chi connectivity index (χ3v) is 4.62. The molecule has 0 saturated carbocycles. The number of hydrazine groups is 1. The fraction of sp³-hybridized carbons (Fsp3) is 0.727. The van der Waals surface area contributed by atoms with E-state index in [1.54, 1.807) is 0 Å². The van der Waals surface area contributed by atoms with E-state index in [0.717, 1.165) is 6.54 Å². The van der Waals surface area contributed by atoms with Crippen LogP contribution in [0.25, 0.3) is 0 Å². The van der Waals surface area contributed by atoms with E-state index in [1.165, 1.54) is 89.9 Å². The molecular weight excluding hydrogens is 292 g/mol. The fourth-order valence-corrected chi connectivity index (χ4v) is 3.06. The van der Waals surface area contributed by atoms with Crippen molar-refractivity contribution in [3.8, 4) is 0 Å². The Morgan fingerprint density at radius 1 is 0.708 bits per heavy atom. The Bertz CT molecular complexity index is 344. The molecule has 1 aliphatic heterocycles. The topological polar surface area (TPSA) is 15.3 Å².